The van der Waals surface area contributed by atoms with Crippen LogP contribution in [-0.4, -0.2) is 55.4 Å². The van der Waals surface area contributed by atoms with E-state index < -0.39 is 6.04 Å². The first-order valence-corrected chi connectivity index (χ1v) is 10.0. The molecule has 0 aromatic carbocycles. The fourth-order valence-corrected chi connectivity index (χ4v) is 4.08. The van der Waals surface area contributed by atoms with E-state index in [1.807, 2.05) is 28.7 Å². The number of fused-ring (bicyclic) bond motifs is 1. The lowest BCUT2D eigenvalue weighted by Crippen LogP contribution is -2.48. The van der Waals surface area contributed by atoms with Crippen molar-refractivity contribution in [2.75, 3.05) is 18.8 Å². The lowest BCUT2D eigenvalue weighted by molar-refractivity contribution is -0.135. The monoisotopic (exact) mass is 399 g/mol. The number of carbonyl (C=O) groups is 2. The molecular weight excluding hydrogens is 378 g/mol. The van der Waals surface area contributed by atoms with Gasteiger partial charge in [-0.3, -0.25) is 9.59 Å². The van der Waals surface area contributed by atoms with E-state index in [4.69, 9.17) is 5.73 Å². The fraction of sp³-hybridized carbons (Fsp3) is 0.389. The van der Waals surface area contributed by atoms with Gasteiger partial charge in [-0.15, -0.1) is 0 Å². The predicted octanol–water partition coefficient (Wildman–Crippen LogP) is 1.45. The largest absolute Gasteiger partial charge is 0.382 e. The highest BCUT2D eigenvalue weighted by molar-refractivity contribution is 7.08. The molecule has 0 bridgehead atoms. The van der Waals surface area contributed by atoms with Gasteiger partial charge in [0.05, 0.1) is 6.33 Å². The Balaban J connectivity index is 1.38. The molecule has 2 amide bonds. The minimum absolute atomic E-state index is 0.000838. The van der Waals surface area contributed by atoms with Crippen LogP contribution >= 0.6 is 11.3 Å². The van der Waals surface area contributed by atoms with Crippen LogP contribution in [0.3, 0.4) is 0 Å². The summed E-state index contributed by atoms with van der Waals surface area (Å²) in [6.45, 7) is 3.02. The van der Waals surface area contributed by atoms with Crippen LogP contribution in [0.4, 0.5) is 5.82 Å². The van der Waals surface area contributed by atoms with Crippen molar-refractivity contribution < 1.29 is 9.59 Å². The zero-order valence-electron chi connectivity index (χ0n) is 15.4. The van der Waals surface area contributed by atoms with Gasteiger partial charge in [-0.25, -0.2) is 15.0 Å². The number of aromatic nitrogens is 4. The van der Waals surface area contributed by atoms with E-state index in [1.165, 1.54) is 17.7 Å². The molecule has 9 nitrogen and oxygen atoms in total. The summed E-state index contributed by atoms with van der Waals surface area (Å²) < 4.78 is 1.72. The molecule has 1 unspecified atom stereocenters. The molecule has 1 atom stereocenters. The minimum atomic E-state index is -0.448. The molecule has 3 aromatic heterocycles. The van der Waals surface area contributed by atoms with Crippen molar-refractivity contribution in [3.05, 3.63) is 35.0 Å². The number of carbonyl (C=O) groups excluding carboxylic acids is 2. The molecule has 0 spiro atoms. The third-order valence-electron chi connectivity index (χ3n) is 5.09. The van der Waals surface area contributed by atoms with Crippen molar-refractivity contribution in [2.24, 2.45) is 0 Å². The van der Waals surface area contributed by atoms with E-state index in [2.05, 4.69) is 20.3 Å². The lowest BCUT2D eigenvalue weighted by atomic mass is 10.0. The topological polar surface area (TPSA) is 119 Å². The molecule has 10 heteroatoms. The summed E-state index contributed by atoms with van der Waals surface area (Å²) in [5.41, 5.74) is 7.55. The number of piperidine rings is 1. The Bertz CT molecular complexity index is 993. The Labute approximate surface area is 165 Å². The summed E-state index contributed by atoms with van der Waals surface area (Å²) in [6, 6.07) is 1.44. The second-order valence-corrected chi connectivity index (χ2v) is 7.62. The van der Waals surface area contributed by atoms with E-state index in [-0.39, 0.29) is 17.9 Å². The van der Waals surface area contributed by atoms with Gasteiger partial charge < -0.3 is 20.5 Å². The highest BCUT2D eigenvalue weighted by Crippen LogP contribution is 2.22. The van der Waals surface area contributed by atoms with Crippen LogP contribution in [0.15, 0.2) is 29.5 Å². The SMILES string of the molecule is CC(C(=O)N1CCC(NC(=O)c2ccsc2)CC1)n1cnc2c(N)ncnc21. The number of hydrogen-bond donors (Lipinski definition) is 2. The predicted molar refractivity (Wildman–Crippen MR) is 106 cm³/mol. The molecule has 1 aliphatic rings. The molecule has 0 aliphatic carbocycles. The van der Waals surface area contributed by atoms with E-state index in [0.29, 0.717) is 35.6 Å². The number of nitrogen functional groups attached to an aromatic ring is 1. The number of nitrogens with one attached hydrogen (secondary N) is 1. The first-order chi connectivity index (χ1) is 13.5. The maximum Gasteiger partial charge on any atom is 0.252 e. The first kappa shape index (κ1) is 18.4. The van der Waals surface area contributed by atoms with Crippen LogP contribution < -0.4 is 11.1 Å². The number of nitrogens with zero attached hydrogens (tertiary/aromatic N) is 5. The van der Waals surface area contributed by atoms with Crippen molar-refractivity contribution in [2.45, 2.75) is 31.8 Å². The third kappa shape index (κ3) is 3.42. The third-order valence-corrected chi connectivity index (χ3v) is 5.77. The lowest BCUT2D eigenvalue weighted by Gasteiger charge is -2.34. The summed E-state index contributed by atoms with van der Waals surface area (Å²) in [5.74, 6) is 0.242. The molecule has 0 saturated carbocycles. The quantitative estimate of drug-likeness (QED) is 0.685. The molecule has 3 aromatic rings. The van der Waals surface area contributed by atoms with E-state index in [9.17, 15) is 9.59 Å². The molecular formula is C18H21N7O2S. The maximum atomic E-state index is 13.0. The van der Waals surface area contributed by atoms with E-state index in [0.717, 1.165) is 12.8 Å². The average Bonchev–Trinajstić information content (AvgIpc) is 3.38. The van der Waals surface area contributed by atoms with Gasteiger partial charge in [0.15, 0.2) is 11.5 Å². The van der Waals surface area contributed by atoms with Crippen LogP contribution in [0.5, 0.6) is 0 Å². The number of amides is 2. The summed E-state index contributed by atoms with van der Waals surface area (Å²) in [4.78, 5) is 39.3. The number of imidazole rings is 1. The van der Waals surface area contributed by atoms with E-state index >= 15 is 0 Å². The molecule has 3 N–H and O–H groups in total. The van der Waals surface area contributed by atoms with E-state index in [1.54, 1.807) is 10.9 Å². The standard InChI is InChI=1S/C18H21N7O2S/c1-11(25-10-22-14-15(19)20-9-21-16(14)25)18(27)24-5-2-13(3-6-24)23-17(26)12-4-7-28-8-12/h4,7-11,13H,2-3,5-6H2,1H3,(H,23,26)(H2,19,20,21). The van der Waals surface area contributed by atoms with Gasteiger partial charge in [-0.2, -0.15) is 11.3 Å². The Hall–Kier alpha value is -3.01. The molecule has 1 fully saturated rings. The normalized spacial score (nSPS) is 16.2. The number of hydrogen-bond acceptors (Lipinski definition) is 7. The summed E-state index contributed by atoms with van der Waals surface area (Å²) in [5, 5.41) is 6.77. The Morgan fingerprint density at radius 3 is 2.79 bits per heavy atom. The zero-order chi connectivity index (χ0) is 19.7. The Morgan fingerprint density at radius 2 is 2.07 bits per heavy atom. The minimum Gasteiger partial charge on any atom is -0.382 e. The van der Waals surface area contributed by atoms with Gasteiger partial charge in [0, 0.05) is 30.1 Å². The van der Waals surface area contributed by atoms with Gasteiger partial charge in [0.25, 0.3) is 5.91 Å². The van der Waals surface area contributed by atoms with Gasteiger partial charge in [-0.05, 0) is 31.2 Å². The molecule has 4 rings (SSSR count). The highest BCUT2D eigenvalue weighted by atomic mass is 32.1. The van der Waals surface area contributed by atoms with Crippen molar-refractivity contribution in [3.63, 3.8) is 0 Å². The molecule has 4 heterocycles. The summed E-state index contributed by atoms with van der Waals surface area (Å²) in [7, 11) is 0. The number of likely N-dealkylation sites (tertiary alicyclic amines) is 1. The second kappa shape index (κ2) is 7.55. The van der Waals surface area contributed by atoms with Crippen molar-refractivity contribution in [3.8, 4) is 0 Å². The number of anilines is 1. The Kier molecular flexibility index (Phi) is 4.95. The van der Waals surface area contributed by atoms with Crippen LogP contribution in [-0.2, 0) is 4.79 Å². The number of nitrogens with two attached hydrogens (primary N) is 1. The number of rotatable bonds is 4. The highest BCUT2D eigenvalue weighted by Gasteiger charge is 2.28. The summed E-state index contributed by atoms with van der Waals surface area (Å²) in [6.07, 6.45) is 4.41. The molecule has 1 aliphatic heterocycles. The van der Waals surface area contributed by atoms with Crippen LogP contribution in [0.25, 0.3) is 11.2 Å². The molecule has 146 valence electrons. The van der Waals surface area contributed by atoms with Crippen molar-refractivity contribution >= 4 is 40.1 Å². The van der Waals surface area contributed by atoms with Crippen LogP contribution in [0, 0.1) is 0 Å². The fourth-order valence-electron chi connectivity index (χ4n) is 3.44. The van der Waals surface area contributed by atoms with Crippen molar-refractivity contribution in [1.82, 2.24) is 29.7 Å². The van der Waals surface area contributed by atoms with Gasteiger partial charge in [0.2, 0.25) is 5.91 Å². The first-order valence-electron chi connectivity index (χ1n) is 9.09. The zero-order valence-corrected chi connectivity index (χ0v) is 16.2. The van der Waals surface area contributed by atoms with Gasteiger partial charge in [0.1, 0.15) is 17.9 Å². The smallest absolute Gasteiger partial charge is 0.252 e. The maximum absolute atomic E-state index is 13.0. The molecule has 1 saturated heterocycles. The Morgan fingerprint density at radius 1 is 1.29 bits per heavy atom. The second-order valence-electron chi connectivity index (χ2n) is 6.84. The average molecular weight is 399 g/mol. The van der Waals surface area contributed by atoms with Gasteiger partial charge in [-0.1, -0.05) is 0 Å². The van der Waals surface area contributed by atoms with Crippen LogP contribution in [0.2, 0.25) is 0 Å². The van der Waals surface area contributed by atoms with Crippen molar-refractivity contribution in [1.29, 1.82) is 0 Å². The molecule has 0 radical (unpaired) electrons. The number of thiophene rings is 1. The van der Waals surface area contributed by atoms with Gasteiger partial charge >= 0.3 is 0 Å². The van der Waals surface area contributed by atoms with Crippen LogP contribution in [0.1, 0.15) is 36.2 Å². The molecule has 28 heavy (non-hydrogen) atoms. The summed E-state index contributed by atoms with van der Waals surface area (Å²) >= 11 is 1.50.